The lowest BCUT2D eigenvalue weighted by atomic mass is 9.91. The van der Waals surface area contributed by atoms with Gasteiger partial charge in [-0.15, -0.1) is 0 Å². The fourth-order valence-electron chi connectivity index (χ4n) is 2.28. The minimum Gasteiger partial charge on any atom is -0.430 e. The number of rotatable bonds is 3. The smallest absolute Gasteiger partial charge is 0.335 e. The summed E-state index contributed by atoms with van der Waals surface area (Å²) in [5.41, 5.74) is -0.0496. The maximum absolute atomic E-state index is 11.9. The van der Waals surface area contributed by atoms with Gasteiger partial charge in [0.1, 0.15) is 6.26 Å². The molecular weight excluding hydrogens is 232 g/mol. The van der Waals surface area contributed by atoms with E-state index in [1.54, 1.807) is 0 Å². The van der Waals surface area contributed by atoms with E-state index in [-0.39, 0.29) is 11.9 Å². The van der Waals surface area contributed by atoms with Gasteiger partial charge < -0.3 is 15.1 Å². The van der Waals surface area contributed by atoms with Gasteiger partial charge >= 0.3 is 5.63 Å². The molecule has 1 saturated carbocycles. The molecule has 1 aliphatic carbocycles. The van der Waals surface area contributed by atoms with Gasteiger partial charge in [0.15, 0.2) is 0 Å². The van der Waals surface area contributed by atoms with Crippen molar-refractivity contribution in [3.8, 4) is 0 Å². The van der Waals surface area contributed by atoms with Crippen molar-refractivity contribution in [1.29, 1.82) is 0 Å². The Morgan fingerprint density at radius 1 is 1.22 bits per heavy atom. The van der Waals surface area contributed by atoms with Gasteiger partial charge in [0.25, 0.3) is 5.91 Å². The largest absolute Gasteiger partial charge is 0.430 e. The molecule has 0 atom stereocenters. The zero-order valence-electron chi connectivity index (χ0n) is 10.4. The van der Waals surface area contributed by atoms with Crippen LogP contribution in [0.15, 0.2) is 27.6 Å². The van der Waals surface area contributed by atoms with E-state index >= 15 is 0 Å². The lowest BCUT2D eigenvalue weighted by Gasteiger charge is -2.28. The van der Waals surface area contributed by atoms with Crippen molar-refractivity contribution in [3.63, 3.8) is 0 Å². The van der Waals surface area contributed by atoms with E-state index in [0.717, 1.165) is 25.7 Å². The Morgan fingerprint density at radius 2 is 1.89 bits per heavy atom. The van der Waals surface area contributed by atoms with Crippen LogP contribution in [0.25, 0.3) is 0 Å². The number of carbonyl (C=O) groups is 1. The van der Waals surface area contributed by atoms with Gasteiger partial charge in [0.2, 0.25) is 0 Å². The van der Waals surface area contributed by atoms with E-state index in [4.69, 9.17) is 0 Å². The SMILES string of the molecule is CNC1CCC(NC(=O)c2ccc(=O)oc2)CC1. The van der Waals surface area contributed by atoms with Crippen molar-refractivity contribution >= 4 is 5.91 Å². The average molecular weight is 250 g/mol. The lowest BCUT2D eigenvalue weighted by Crippen LogP contribution is -2.41. The number of amides is 1. The number of hydrogen-bond donors (Lipinski definition) is 2. The molecule has 0 spiro atoms. The van der Waals surface area contributed by atoms with Crippen LogP contribution in [-0.2, 0) is 0 Å². The van der Waals surface area contributed by atoms with E-state index in [0.29, 0.717) is 11.6 Å². The third kappa shape index (κ3) is 3.20. The third-order valence-electron chi connectivity index (χ3n) is 3.43. The third-order valence-corrected chi connectivity index (χ3v) is 3.43. The van der Waals surface area contributed by atoms with Crippen molar-refractivity contribution < 1.29 is 9.21 Å². The van der Waals surface area contributed by atoms with E-state index < -0.39 is 5.63 Å². The summed E-state index contributed by atoms with van der Waals surface area (Å²) in [4.78, 5) is 22.7. The Morgan fingerprint density at radius 3 is 2.44 bits per heavy atom. The van der Waals surface area contributed by atoms with Crippen LogP contribution in [0.5, 0.6) is 0 Å². The molecule has 0 aliphatic heterocycles. The molecule has 2 rings (SSSR count). The van der Waals surface area contributed by atoms with Gasteiger partial charge in [-0.1, -0.05) is 0 Å². The van der Waals surface area contributed by atoms with Crippen LogP contribution in [0.3, 0.4) is 0 Å². The monoisotopic (exact) mass is 250 g/mol. The van der Waals surface area contributed by atoms with Crippen LogP contribution in [-0.4, -0.2) is 25.0 Å². The van der Waals surface area contributed by atoms with E-state index in [1.165, 1.54) is 18.4 Å². The molecule has 2 N–H and O–H groups in total. The Hall–Kier alpha value is -1.62. The van der Waals surface area contributed by atoms with Gasteiger partial charge in [-0.25, -0.2) is 4.79 Å². The zero-order chi connectivity index (χ0) is 13.0. The molecule has 1 aromatic heterocycles. The summed E-state index contributed by atoms with van der Waals surface area (Å²) in [5.74, 6) is -0.174. The fourth-order valence-corrected chi connectivity index (χ4v) is 2.28. The second-order valence-corrected chi connectivity index (χ2v) is 4.65. The lowest BCUT2D eigenvalue weighted by molar-refractivity contribution is 0.0922. The minimum atomic E-state index is -0.443. The Kier molecular flexibility index (Phi) is 4.15. The number of nitrogens with one attached hydrogen (secondary N) is 2. The number of carbonyl (C=O) groups excluding carboxylic acids is 1. The molecule has 1 aromatic rings. The van der Waals surface area contributed by atoms with E-state index in [2.05, 4.69) is 15.1 Å². The molecule has 98 valence electrons. The normalized spacial score (nSPS) is 23.6. The Balaban J connectivity index is 1.88. The molecule has 0 unspecified atom stereocenters. The fraction of sp³-hybridized carbons (Fsp3) is 0.538. The van der Waals surface area contributed by atoms with Crippen molar-refractivity contribution in [3.05, 3.63) is 34.4 Å². The van der Waals surface area contributed by atoms with Crippen LogP contribution in [0, 0.1) is 0 Å². The zero-order valence-corrected chi connectivity index (χ0v) is 10.4. The summed E-state index contributed by atoms with van der Waals surface area (Å²) in [6.45, 7) is 0. The Labute approximate surface area is 106 Å². The standard InChI is InChI=1S/C13H18N2O3/c1-14-10-3-5-11(6-4-10)15-13(17)9-2-7-12(16)18-8-9/h2,7-8,10-11,14H,3-6H2,1H3,(H,15,17). The maximum atomic E-state index is 11.9. The molecule has 0 radical (unpaired) electrons. The molecule has 1 amide bonds. The summed E-state index contributed by atoms with van der Waals surface area (Å²) in [5, 5.41) is 6.22. The van der Waals surface area contributed by atoms with Gasteiger partial charge in [-0.2, -0.15) is 0 Å². The summed E-state index contributed by atoms with van der Waals surface area (Å²) >= 11 is 0. The summed E-state index contributed by atoms with van der Waals surface area (Å²) < 4.78 is 4.68. The molecular formula is C13H18N2O3. The molecule has 1 heterocycles. The minimum absolute atomic E-state index is 0.174. The van der Waals surface area contributed by atoms with Crippen molar-refractivity contribution in [1.82, 2.24) is 10.6 Å². The van der Waals surface area contributed by atoms with Crippen molar-refractivity contribution in [2.24, 2.45) is 0 Å². The van der Waals surface area contributed by atoms with Gasteiger partial charge in [0, 0.05) is 18.2 Å². The van der Waals surface area contributed by atoms with Gasteiger partial charge in [-0.05, 0) is 38.8 Å². The second-order valence-electron chi connectivity index (χ2n) is 4.65. The summed E-state index contributed by atoms with van der Waals surface area (Å²) in [6.07, 6.45) is 5.32. The molecule has 0 bridgehead atoms. The van der Waals surface area contributed by atoms with Crippen molar-refractivity contribution in [2.75, 3.05) is 7.05 Å². The van der Waals surface area contributed by atoms with Crippen LogP contribution < -0.4 is 16.3 Å². The highest BCUT2D eigenvalue weighted by Gasteiger charge is 2.21. The highest BCUT2D eigenvalue weighted by Crippen LogP contribution is 2.18. The molecule has 5 heteroatoms. The molecule has 1 aliphatic rings. The molecule has 0 saturated heterocycles. The van der Waals surface area contributed by atoms with Crippen LogP contribution >= 0.6 is 0 Å². The van der Waals surface area contributed by atoms with Crippen LogP contribution in [0.2, 0.25) is 0 Å². The first kappa shape index (κ1) is 12.8. The average Bonchev–Trinajstić information content (AvgIpc) is 2.40. The topological polar surface area (TPSA) is 71.3 Å². The van der Waals surface area contributed by atoms with Gasteiger partial charge in [0.05, 0.1) is 5.56 Å². The molecule has 18 heavy (non-hydrogen) atoms. The first-order valence-electron chi connectivity index (χ1n) is 6.26. The van der Waals surface area contributed by atoms with Gasteiger partial charge in [-0.3, -0.25) is 4.79 Å². The van der Waals surface area contributed by atoms with Crippen molar-refractivity contribution in [2.45, 2.75) is 37.8 Å². The highest BCUT2D eigenvalue weighted by atomic mass is 16.4. The first-order valence-corrected chi connectivity index (χ1v) is 6.26. The predicted octanol–water partition coefficient (Wildman–Crippen LogP) is 0.900. The second kappa shape index (κ2) is 5.82. The number of hydrogen-bond acceptors (Lipinski definition) is 4. The molecule has 0 aromatic carbocycles. The molecule has 1 fully saturated rings. The quantitative estimate of drug-likeness (QED) is 0.836. The summed E-state index contributed by atoms with van der Waals surface area (Å²) in [6, 6.07) is 3.52. The maximum Gasteiger partial charge on any atom is 0.335 e. The van der Waals surface area contributed by atoms with E-state index in [9.17, 15) is 9.59 Å². The van der Waals surface area contributed by atoms with Crippen LogP contribution in [0.1, 0.15) is 36.0 Å². The predicted molar refractivity (Wildman–Crippen MR) is 67.5 cm³/mol. The summed E-state index contributed by atoms with van der Waals surface area (Å²) in [7, 11) is 1.97. The first-order chi connectivity index (χ1) is 8.69. The Bertz CT molecular complexity index is 441. The van der Waals surface area contributed by atoms with Crippen LogP contribution in [0.4, 0.5) is 0 Å². The van der Waals surface area contributed by atoms with E-state index in [1.807, 2.05) is 7.05 Å². The molecule has 5 nitrogen and oxygen atoms in total. The highest BCUT2D eigenvalue weighted by molar-refractivity contribution is 5.93.